The van der Waals surface area contributed by atoms with Crippen LogP contribution in [0.5, 0.6) is 0 Å². The molecule has 0 bridgehead atoms. The van der Waals surface area contributed by atoms with Crippen LogP contribution in [0.2, 0.25) is 0 Å². The van der Waals surface area contributed by atoms with Crippen molar-refractivity contribution in [2.45, 2.75) is 25.7 Å². The third-order valence-corrected chi connectivity index (χ3v) is 2.66. The lowest BCUT2D eigenvalue weighted by Crippen LogP contribution is -2.21. The van der Waals surface area contributed by atoms with E-state index in [0.717, 1.165) is 7.11 Å². The summed E-state index contributed by atoms with van der Waals surface area (Å²) in [5, 5.41) is 0. The molecule has 1 rings (SSSR count). The number of carbonyl (C=O) groups excluding carboxylic acids is 1. The Labute approximate surface area is 110 Å². The molecule has 112 valence electrons. The Bertz CT molecular complexity index is 516. The number of carbonyl (C=O) groups is 1. The number of esters is 1. The van der Waals surface area contributed by atoms with Crippen LogP contribution in [0.1, 0.15) is 34.0 Å². The zero-order valence-corrected chi connectivity index (χ0v) is 10.4. The first kappa shape index (κ1) is 16.3. The Morgan fingerprint density at radius 1 is 1.10 bits per heavy atom. The Hall–Kier alpha value is -1.73. The van der Waals surface area contributed by atoms with Gasteiger partial charge in [-0.15, -0.1) is 0 Å². The molecular weight excluding hydrogens is 290 g/mol. The quantitative estimate of drug-likeness (QED) is 0.608. The highest BCUT2D eigenvalue weighted by Crippen LogP contribution is 2.43. The van der Waals surface area contributed by atoms with E-state index in [1.807, 2.05) is 0 Å². The smallest absolute Gasteiger partial charge is 0.417 e. The molecule has 0 saturated carbocycles. The molecule has 8 heteroatoms. The summed E-state index contributed by atoms with van der Waals surface area (Å²) in [6.45, 7) is 1.23. The molecule has 0 amide bonds. The van der Waals surface area contributed by atoms with Crippen LogP contribution in [0.3, 0.4) is 0 Å². The predicted octanol–water partition coefficient (Wildman–Crippen LogP) is 4.07. The van der Waals surface area contributed by atoms with Crippen molar-refractivity contribution < 1.29 is 35.9 Å². The molecule has 0 fully saturated rings. The van der Waals surface area contributed by atoms with E-state index in [4.69, 9.17) is 0 Å². The number of rotatable bonds is 2. The maximum Gasteiger partial charge on any atom is 0.417 e. The van der Waals surface area contributed by atoms with Crippen molar-refractivity contribution in [2.24, 2.45) is 0 Å². The predicted molar refractivity (Wildman–Crippen MR) is 57.2 cm³/mol. The van der Waals surface area contributed by atoms with Gasteiger partial charge in [-0.3, -0.25) is 0 Å². The van der Waals surface area contributed by atoms with Crippen LogP contribution in [0.4, 0.5) is 26.3 Å². The van der Waals surface area contributed by atoms with Crippen LogP contribution >= 0.6 is 0 Å². The van der Waals surface area contributed by atoms with Crippen molar-refractivity contribution in [1.29, 1.82) is 0 Å². The molecule has 0 aliphatic heterocycles. The second-order valence-corrected chi connectivity index (χ2v) is 3.85. The summed E-state index contributed by atoms with van der Waals surface area (Å²) in [6, 6.07) is 0.941. The molecule has 0 spiro atoms. The van der Waals surface area contributed by atoms with E-state index in [0.29, 0.717) is 6.07 Å². The fourth-order valence-corrected chi connectivity index (χ4v) is 1.88. The highest BCUT2D eigenvalue weighted by Gasteiger charge is 2.45. The largest absolute Gasteiger partial charge is 0.465 e. The Kier molecular flexibility index (Phi) is 4.36. The molecule has 0 saturated heterocycles. The second kappa shape index (κ2) is 5.34. The average Bonchev–Trinajstić information content (AvgIpc) is 2.33. The van der Waals surface area contributed by atoms with Gasteiger partial charge in [0.15, 0.2) is 0 Å². The maximum absolute atomic E-state index is 12.9. The topological polar surface area (TPSA) is 26.3 Å². The first-order valence-corrected chi connectivity index (χ1v) is 5.42. The van der Waals surface area contributed by atoms with Gasteiger partial charge >= 0.3 is 18.3 Å². The molecule has 20 heavy (non-hydrogen) atoms. The lowest BCUT2D eigenvalue weighted by molar-refractivity contribution is -0.162. The van der Waals surface area contributed by atoms with Crippen molar-refractivity contribution in [3.05, 3.63) is 34.4 Å². The van der Waals surface area contributed by atoms with Crippen LogP contribution in [-0.2, 0) is 23.5 Å². The second-order valence-electron chi connectivity index (χ2n) is 3.85. The summed E-state index contributed by atoms with van der Waals surface area (Å²) < 4.78 is 81.1. The molecule has 0 aliphatic rings. The van der Waals surface area contributed by atoms with Crippen molar-refractivity contribution in [3.63, 3.8) is 0 Å². The van der Waals surface area contributed by atoms with Crippen molar-refractivity contribution in [2.75, 3.05) is 7.11 Å². The van der Waals surface area contributed by atoms with Gasteiger partial charge < -0.3 is 4.74 Å². The van der Waals surface area contributed by atoms with E-state index in [2.05, 4.69) is 4.74 Å². The number of hydrogen-bond donors (Lipinski definition) is 0. The fraction of sp³-hybridized carbons (Fsp3) is 0.417. The number of alkyl halides is 6. The first-order chi connectivity index (χ1) is 9.04. The van der Waals surface area contributed by atoms with Crippen LogP contribution in [-0.4, -0.2) is 13.1 Å². The number of benzene rings is 1. The monoisotopic (exact) mass is 300 g/mol. The van der Waals surface area contributed by atoms with Gasteiger partial charge in [-0.05, 0) is 24.1 Å². The molecule has 0 radical (unpaired) electrons. The Morgan fingerprint density at radius 2 is 1.65 bits per heavy atom. The van der Waals surface area contributed by atoms with Crippen molar-refractivity contribution in [1.82, 2.24) is 0 Å². The van der Waals surface area contributed by atoms with Crippen LogP contribution < -0.4 is 0 Å². The molecule has 1 aromatic carbocycles. The normalized spacial score (nSPS) is 12.4. The number of hydrogen-bond acceptors (Lipinski definition) is 2. The SMILES string of the molecule is CCc1c(C(=O)OC)ccc(C(F)(F)F)c1C(F)(F)F. The Balaban J connectivity index is 3.74. The van der Waals surface area contributed by atoms with E-state index in [1.54, 1.807) is 0 Å². The van der Waals surface area contributed by atoms with E-state index in [-0.39, 0.29) is 12.5 Å². The molecule has 0 heterocycles. The van der Waals surface area contributed by atoms with Gasteiger partial charge in [0.05, 0.1) is 23.8 Å². The molecular formula is C12H10F6O2. The number of halogens is 6. The number of methoxy groups -OCH3 is 1. The van der Waals surface area contributed by atoms with Gasteiger partial charge in [-0.25, -0.2) is 4.79 Å². The third-order valence-electron chi connectivity index (χ3n) is 2.66. The molecule has 0 atom stereocenters. The van der Waals surface area contributed by atoms with Gasteiger partial charge in [0.1, 0.15) is 0 Å². The van der Waals surface area contributed by atoms with Gasteiger partial charge in [-0.2, -0.15) is 26.3 Å². The zero-order chi connectivity index (χ0) is 15.7. The van der Waals surface area contributed by atoms with Crippen LogP contribution in [0.25, 0.3) is 0 Å². The summed E-state index contributed by atoms with van der Waals surface area (Å²) in [7, 11) is 0.937. The van der Waals surface area contributed by atoms with Crippen LogP contribution in [0, 0.1) is 0 Å². The molecule has 1 aromatic rings. The third kappa shape index (κ3) is 3.05. The zero-order valence-electron chi connectivity index (χ0n) is 10.4. The van der Waals surface area contributed by atoms with Gasteiger partial charge in [0.25, 0.3) is 0 Å². The summed E-state index contributed by atoms with van der Waals surface area (Å²) in [6.07, 6.45) is -10.8. The summed E-state index contributed by atoms with van der Waals surface area (Å²) in [5.41, 5.74) is -4.89. The molecule has 0 aliphatic carbocycles. The van der Waals surface area contributed by atoms with E-state index >= 15 is 0 Å². The summed E-state index contributed by atoms with van der Waals surface area (Å²) in [4.78, 5) is 11.4. The van der Waals surface area contributed by atoms with Gasteiger partial charge in [-0.1, -0.05) is 6.92 Å². The summed E-state index contributed by atoms with van der Waals surface area (Å²) >= 11 is 0. The molecule has 0 aromatic heterocycles. The summed E-state index contributed by atoms with van der Waals surface area (Å²) in [5.74, 6) is -1.11. The number of ether oxygens (including phenoxy) is 1. The molecule has 0 unspecified atom stereocenters. The van der Waals surface area contributed by atoms with Gasteiger partial charge in [0, 0.05) is 0 Å². The fourth-order valence-electron chi connectivity index (χ4n) is 1.88. The lowest BCUT2D eigenvalue weighted by atomic mass is 9.93. The first-order valence-electron chi connectivity index (χ1n) is 5.42. The van der Waals surface area contributed by atoms with E-state index in [1.165, 1.54) is 6.92 Å². The van der Waals surface area contributed by atoms with E-state index in [9.17, 15) is 31.1 Å². The Morgan fingerprint density at radius 3 is 2.00 bits per heavy atom. The maximum atomic E-state index is 12.9. The molecule has 0 N–H and O–H groups in total. The van der Waals surface area contributed by atoms with Crippen molar-refractivity contribution in [3.8, 4) is 0 Å². The standard InChI is InChI=1S/C12H10F6O2/c1-3-6-7(10(19)20-2)4-5-8(11(13,14)15)9(6)12(16,17)18/h4-5H,3H2,1-2H3. The minimum atomic E-state index is -5.22. The molecule has 2 nitrogen and oxygen atoms in total. The highest BCUT2D eigenvalue weighted by molar-refractivity contribution is 5.91. The minimum absolute atomic E-state index is 0.244. The lowest BCUT2D eigenvalue weighted by Gasteiger charge is -2.20. The van der Waals surface area contributed by atoms with Gasteiger partial charge in [0.2, 0.25) is 0 Å². The van der Waals surface area contributed by atoms with Crippen molar-refractivity contribution >= 4 is 5.97 Å². The highest BCUT2D eigenvalue weighted by atomic mass is 19.4. The average molecular weight is 300 g/mol. The van der Waals surface area contributed by atoms with E-state index < -0.39 is 40.6 Å². The van der Waals surface area contributed by atoms with Crippen LogP contribution in [0.15, 0.2) is 12.1 Å². The minimum Gasteiger partial charge on any atom is -0.465 e.